The van der Waals surface area contributed by atoms with E-state index in [1.165, 1.54) is 18.2 Å². The Hall–Kier alpha value is -5.45. The molecule has 6 rings (SSSR count). The zero-order chi connectivity index (χ0) is 31.3. The van der Waals surface area contributed by atoms with Crippen molar-refractivity contribution in [3.8, 4) is 0 Å². The number of nitrogens with zero attached hydrogens (tertiary/aromatic N) is 2. The number of benzene rings is 3. The fourth-order valence-corrected chi connectivity index (χ4v) is 6.20. The second-order valence-corrected chi connectivity index (χ2v) is 11.4. The van der Waals surface area contributed by atoms with Gasteiger partial charge in [-0.15, -0.1) is 0 Å². The Labute approximate surface area is 252 Å². The summed E-state index contributed by atoms with van der Waals surface area (Å²) in [6.07, 6.45) is -0.349. The zero-order valence-corrected chi connectivity index (χ0v) is 24.1. The number of urea groups is 1. The van der Waals surface area contributed by atoms with Crippen LogP contribution in [-0.4, -0.2) is 56.8 Å². The van der Waals surface area contributed by atoms with E-state index in [2.05, 4.69) is 24.1 Å². The molecule has 0 aliphatic carbocycles. The number of carbonyl (C=O) groups is 5. The second kappa shape index (κ2) is 11.0. The smallest absolute Gasteiger partial charge is 0.332 e. The molecular formula is C33H31N5O6. The molecule has 3 unspecified atom stereocenters. The summed E-state index contributed by atoms with van der Waals surface area (Å²) < 4.78 is 0. The van der Waals surface area contributed by atoms with Crippen molar-refractivity contribution in [2.75, 3.05) is 4.90 Å². The van der Waals surface area contributed by atoms with Gasteiger partial charge in [0.2, 0.25) is 5.91 Å². The molecule has 5 amide bonds. The average Bonchev–Trinajstić information content (AvgIpc) is 3.49. The Morgan fingerprint density at radius 2 is 1.68 bits per heavy atom. The Bertz CT molecular complexity index is 1830. The Kier molecular flexibility index (Phi) is 7.16. The number of aliphatic carboxylic acids is 1. The van der Waals surface area contributed by atoms with E-state index >= 15 is 0 Å². The van der Waals surface area contributed by atoms with E-state index in [-0.39, 0.29) is 17.7 Å². The number of rotatable bonds is 8. The van der Waals surface area contributed by atoms with E-state index in [1.54, 1.807) is 11.0 Å². The highest BCUT2D eigenvalue weighted by atomic mass is 16.4. The lowest BCUT2D eigenvalue weighted by Crippen LogP contribution is -2.44. The van der Waals surface area contributed by atoms with Gasteiger partial charge in [-0.25, -0.2) is 14.5 Å². The number of carbonyl (C=O) groups excluding carboxylic acids is 4. The third-order valence-corrected chi connectivity index (χ3v) is 8.37. The van der Waals surface area contributed by atoms with Crippen molar-refractivity contribution in [2.24, 2.45) is 5.73 Å². The van der Waals surface area contributed by atoms with Gasteiger partial charge < -0.3 is 21.1 Å². The number of aromatic nitrogens is 1. The summed E-state index contributed by atoms with van der Waals surface area (Å²) in [6, 6.07) is 18.2. The molecule has 11 heteroatoms. The first-order valence-electron chi connectivity index (χ1n) is 14.3. The summed E-state index contributed by atoms with van der Waals surface area (Å²) in [5, 5.41) is 12.8. The SMILES string of the molecule is CC(C)c1ccc(C2c3[nH]c4ccccc4c3CC3C(=O)N(c4ccccc4C(=O)NC(CC(N)=O)C(=O)O)C(=O)N32)cc1. The maximum absolute atomic E-state index is 14.3. The molecule has 3 atom stereocenters. The third kappa shape index (κ3) is 4.76. The normalized spacial score (nSPS) is 18.3. The topological polar surface area (TPSA) is 166 Å². The quantitative estimate of drug-likeness (QED) is 0.227. The number of imide groups is 1. The van der Waals surface area contributed by atoms with Crippen LogP contribution >= 0.6 is 0 Å². The molecule has 1 saturated heterocycles. The zero-order valence-electron chi connectivity index (χ0n) is 24.1. The number of fused-ring (bicyclic) bond motifs is 4. The Morgan fingerprint density at radius 3 is 2.36 bits per heavy atom. The van der Waals surface area contributed by atoms with Crippen LogP contribution in [0, 0.1) is 0 Å². The molecule has 1 aromatic heterocycles. The van der Waals surface area contributed by atoms with Gasteiger partial charge in [0.1, 0.15) is 18.1 Å². The van der Waals surface area contributed by atoms with Crippen molar-refractivity contribution in [1.82, 2.24) is 15.2 Å². The summed E-state index contributed by atoms with van der Waals surface area (Å²) in [4.78, 5) is 70.9. The van der Waals surface area contributed by atoms with Gasteiger partial charge in [-0.05, 0) is 40.8 Å². The molecule has 2 aliphatic rings. The summed E-state index contributed by atoms with van der Waals surface area (Å²) in [5.41, 5.74) is 9.74. The maximum Gasteiger partial charge on any atom is 0.332 e. The number of nitrogens with two attached hydrogens (primary N) is 1. The van der Waals surface area contributed by atoms with Crippen LogP contribution in [0.25, 0.3) is 10.9 Å². The van der Waals surface area contributed by atoms with Crippen LogP contribution in [0.15, 0.2) is 72.8 Å². The molecule has 2 aliphatic heterocycles. The van der Waals surface area contributed by atoms with Crippen LogP contribution in [0.2, 0.25) is 0 Å². The molecule has 3 heterocycles. The minimum Gasteiger partial charge on any atom is -0.480 e. The summed E-state index contributed by atoms with van der Waals surface area (Å²) in [5.74, 6) is -3.40. The van der Waals surface area contributed by atoms with Gasteiger partial charge in [0.25, 0.3) is 11.8 Å². The lowest BCUT2D eigenvalue weighted by atomic mass is 9.88. The molecule has 1 fully saturated rings. The standard InChI is InChI=1S/C33H31N5O6/c1-17(2)18-11-13-19(14-12-18)29-28-22(20-7-3-5-9-23(20)35-28)15-26-31(41)38(33(44)37(26)29)25-10-6-4-8-21(25)30(40)36-24(32(42)43)16-27(34)39/h3-14,17,24,26,29,35H,15-16H2,1-2H3,(H2,34,39)(H,36,40)(H,42,43). The molecule has 3 aromatic carbocycles. The number of primary amides is 1. The first kappa shape index (κ1) is 28.7. The number of H-pyrrole nitrogens is 1. The van der Waals surface area contributed by atoms with Crippen molar-refractivity contribution in [3.05, 3.63) is 101 Å². The minimum absolute atomic E-state index is 0.0139. The van der Waals surface area contributed by atoms with Gasteiger partial charge in [0.05, 0.1) is 17.7 Å². The lowest BCUT2D eigenvalue weighted by Gasteiger charge is -2.36. The van der Waals surface area contributed by atoms with Crippen LogP contribution in [-0.2, 0) is 20.8 Å². The van der Waals surface area contributed by atoms with Gasteiger partial charge in [-0.2, -0.15) is 0 Å². The number of para-hydroxylation sites is 2. The fourth-order valence-electron chi connectivity index (χ4n) is 6.20. The fraction of sp³-hybridized carbons (Fsp3) is 0.242. The van der Waals surface area contributed by atoms with Gasteiger partial charge >= 0.3 is 12.0 Å². The average molecular weight is 594 g/mol. The molecule has 0 saturated carbocycles. The van der Waals surface area contributed by atoms with E-state index in [9.17, 15) is 29.1 Å². The van der Waals surface area contributed by atoms with Crippen LogP contribution in [0.3, 0.4) is 0 Å². The molecule has 0 spiro atoms. The maximum atomic E-state index is 14.3. The second-order valence-electron chi connectivity index (χ2n) is 11.4. The number of carboxylic acids is 1. The first-order valence-corrected chi connectivity index (χ1v) is 14.3. The predicted molar refractivity (Wildman–Crippen MR) is 162 cm³/mol. The molecule has 4 aromatic rings. The van der Waals surface area contributed by atoms with Crippen molar-refractivity contribution in [1.29, 1.82) is 0 Å². The van der Waals surface area contributed by atoms with Gasteiger partial charge in [-0.1, -0.05) is 68.4 Å². The van der Waals surface area contributed by atoms with E-state index in [0.717, 1.165) is 38.2 Å². The predicted octanol–water partition coefficient (Wildman–Crippen LogP) is 3.83. The number of hydrogen-bond donors (Lipinski definition) is 4. The van der Waals surface area contributed by atoms with Gasteiger partial charge in [0.15, 0.2) is 0 Å². The highest BCUT2D eigenvalue weighted by Gasteiger charge is 2.53. The molecule has 0 bridgehead atoms. The number of carboxylic acid groups (broad SMARTS) is 1. The highest BCUT2D eigenvalue weighted by molar-refractivity contribution is 6.24. The van der Waals surface area contributed by atoms with Crippen LogP contribution in [0.1, 0.15) is 65.0 Å². The minimum atomic E-state index is -1.58. The van der Waals surface area contributed by atoms with E-state index in [1.807, 2.05) is 48.5 Å². The molecule has 44 heavy (non-hydrogen) atoms. The molecule has 0 radical (unpaired) electrons. The number of amides is 5. The summed E-state index contributed by atoms with van der Waals surface area (Å²) in [6.45, 7) is 4.20. The summed E-state index contributed by atoms with van der Waals surface area (Å²) in [7, 11) is 0. The monoisotopic (exact) mass is 593 g/mol. The van der Waals surface area contributed by atoms with Crippen molar-refractivity contribution in [2.45, 2.75) is 50.7 Å². The number of anilines is 1. The lowest BCUT2D eigenvalue weighted by molar-refractivity contribution is -0.141. The molecular weight excluding hydrogens is 562 g/mol. The molecule has 5 N–H and O–H groups in total. The van der Waals surface area contributed by atoms with Crippen molar-refractivity contribution >= 4 is 46.3 Å². The number of hydrogen-bond acceptors (Lipinski definition) is 5. The van der Waals surface area contributed by atoms with Crippen LogP contribution in [0.4, 0.5) is 10.5 Å². The van der Waals surface area contributed by atoms with Crippen molar-refractivity contribution in [3.63, 3.8) is 0 Å². The molecule has 11 nitrogen and oxygen atoms in total. The van der Waals surface area contributed by atoms with Crippen molar-refractivity contribution < 1.29 is 29.1 Å². The van der Waals surface area contributed by atoms with Crippen LogP contribution < -0.4 is 16.0 Å². The van der Waals surface area contributed by atoms with Gasteiger partial charge in [0, 0.05) is 23.0 Å². The van der Waals surface area contributed by atoms with E-state index in [4.69, 9.17) is 5.73 Å². The largest absolute Gasteiger partial charge is 0.480 e. The van der Waals surface area contributed by atoms with Gasteiger partial charge in [-0.3, -0.25) is 19.3 Å². The highest BCUT2D eigenvalue weighted by Crippen LogP contribution is 2.45. The molecule has 224 valence electrons. The number of aromatic amines is 1. The van der Waals surface area contributed by atoms with Crippen LogP contribution in [0.5, 0.6) is 0 Å². The van der Waals surface area contributed by atoms with E-state index in [0.29, 0.717) is 5.92 Å². The summed E-state index contributed by atoms with van der Waals surface area (Å²) >= 11 is 0. The number of nitrogens with one attached hydrogen (secondary N) is 2. The third-order valence-electron chi connectivity index (χ3n) is 8.37. The van der Waals surface area contributed by atoms with E-state index < -0.39 is 54.3 Å². The Morgan fingerprint density at radius 1 is 1.00 bits per heavy atom. The Balaban J connectivity index is 1.43. The first-order chi connectivity index (χ1) is 21.1.